The smallest absolute Gasteiger partial charge is 0.228 e. The molecule has 2 rings (SSSR count). The van der Waals surface area contributed by atoms with Crippen LogP contribution >= 0.6 is 0 Å². The molecule has 2 aliphatic rings. The molecule has 104 valence electrons. The average molecular weight is 255 g/mol. The molecular formula is C14H25NO3. The van der Waals surface area contributed by atoms with Crippen molar-refractivity contribution in [3.05, 3.63) is 0 Å². The Morgan fingerprint density at radius 1 is 1.22 bits per heavy atom. The molecule has 1 heterocycles. The Labute approximate surface area is 109 Å². The van der Waals surface area contributed by atoms with E-state index in [-0.39, 0.29) is 11.8 Å². The van der Waals surface area contributed by atoms with E-state index in [2.05, 4.69) is 0 Å². The molecule has 0 radical (unpaired) electrons. The zero-order valence-corrected chi connectivity index (χ0v) is 11.3. The lowest BCUT2D eigenvalue weighted by Crippen LogP contribution is -2.47. The minimum atomic E-state index is -0.472. The molecule has 1 aliphatic heterocycles. The van der Waals surface area contributed by atoms with E-state index >= 15 is 0 Å². The molecular weight excluding hydrogens is 230 g/mol. The molecule has 1 saturated carbocycles. The van der Waals surface area contributed by atoms with Gasteiger partial charge >= 0.3 is 0 Å². The van der Waals surface area contributed by atoms with Gasteiger partial charge in [-0.05, 0) is 18.8 Å². The van der Waals surface area contributed by atoms with E-state index in [1.54, 1.807) is 0 Å². The minimum absolute atomic E-state index is 0.0939. The monoisotopic (exact) mass is 255 g/mol. The molecule has 0 aromatic rings. The normalized spacial score (nSPS) is 25.8. The Morgan fingerprint density at radius 3 is 2.44 bits per heavy atom. The molecule has 0 unspecified atom stereocenters. The molecule has 2 fully saturated rings. The van der Waals surface area contributed by atoms with Crippen LogP contribution in [0, 0.1) is 11.8 Å². The molecule has 1 N–H and O–H groups in total. The van der Waals surface area contributed by atoms with Crippen LogP contribution in [-0.2, 0) is 9.53 Å². The number of carbonyl (C=O) groups is 1. The van der Waals surface area contributed by atoms with E-state index in [1.807, 2.05) is 11.8 Å². The van der Waals surface area contributed by atoms with Gasteiger partial charge in [-0.1, -0.05) is 26.2 Å². The zero-order valence-electron chi connectivity index (χ0n) is 11.3. The van der Waals surface area contributed by atoms with Crippen molar-refractivity contribution in [2.75, 3.05) is 26.3 Å². The fourth-order valence-corrected chi connectivity index (χ4v) is 3.10. The zero-order chi connectivity index (χ0) is 13.0. The number of ether oxygens (including phenoxy) is 1. The van der Waals surface area contributed by atoms with Crippen molar-refractivity contribution in [1.82, 2.24) is 4.90 Å². The standard InChI is InChI=1S/C14H25NO3/c1-11(13(16)12-5-3-2-4-6-12)14(17)15-7-9-18-10-8-15/h11-13,16H,2-10H2,1H3/t11-,13-/m1/s1. The molecule has 1 saturated heterocycles. The summed E-state index contributed by atoms with van der Waals surface area (Å²) in [4.78, 5) is 14.1. The largest absolute Gasteiger partial charge is 0.392 e. The predicted molar refractivity (Wildman–Crippen MR) is 69.1 cm³/mol. The number of aliphatic hydroxyl groups excluding tert-OH is 1. The number of hydrogen-bond acceptors (Lipinski definition) is 3. The van der Waals surface area contributed by atoms with Gasteiger partial charge in [-0.25, -0.2) is 0 Å². The van der Waals surface area contributed by atoms with E-state index in [9.17, 15) is 9.90 Å². The second kappa shape index (κ2) is 6.53. The van der Waals surface area contributed by atoms with E-state index in [0.29, 0.717) is 32.2 Å². The molecule has 0 spiro atoms. The summed E-state index contributed by atoms with van der Waals surface area (Å²) in [5, 5.41) is 10.4. The quantitative estimate of drug-likeness (QED) is 0.830. The third-order valence-corrected chi connectivity index (χ3v) is 4.36. The number of nitrogens with zero attached hydrogens (tertiary/aromatic N) is 1. The summed E-state index contributed by atoms with van der Waals surface area (Å²) in [6.07, 6.45) is 5.33. The van der Waals surface area contributed by atoms with Gasteiger partial charge in [-0.2, -0.15) is 0 Å². The highest BCUT2D eigenvalue weighted by Crippen LogP contribution is 2.30. The Hall–Kier alpha value is -0.610. The van der Waals surface area contributed by atoms with E-state index < -0.39 is 6.10 Å². The number of amides is 1. The maximum atomic E-state index is 12.3. The second-order valence-electron chi connectivity index (χ2n) is 5.62. The number of rotatable bonds is 3. The Kier molecular flexibility index (Phi) is 5.01. The topological polar surface area (TPSA) is 49.8 Å². The van der Waals surface area contributed by atoms with Gasteiger partial charge in [0.1, 0.15) is 0 Å². The lowest BCUT2D eigenvalue weighted by molar-refractivity contribution is -0.144. The third-order valence-electron chi connectivity index (χ3n) is 4.36. The van der Waals surface area contributed by atoms with Crippen LogP contribution in [-0.4, -0.2) is 48.3 Å². The van der Waals surface area contributed by atoms with Crippen LogP contribution < -0.4 is 0 Å². The van der Waals surface area contributed by atoms with Gasteiger partial charge in [0.05, 0.1) is 25.2 Å². The average Bonchev–Trinajstić information content (AvgIpc) is 2.47. The van der Waals surface area contributed by atoms with Crippen molar-refractivity contribution in [1.29, 1.82) is 0 Å². The second-order valence-corrected chi connectivity index (χ2v) is 5.62. The first-order valence-electron chi connectivity index (χ1n) is 7.24. The van der Waals surface area contributed by atoms with Crippen LogP contribution in [0.5, 0.6) is 0 Å². The van der Waals surface area contributed by atoms with Crippen molar-refractivity contribution < 1.29 is 14.6 Å². The van der Waals surface area contributed by atoms with Gasteiger partial charge in [-0.3, -0.25) is 4.79 Å². The first-order chi connectivity index (χ1) is 8.70. The maximum Gasteiger partial charge on any atom is 0.228 e. The first-order valence-corrected chi connectivity index (χ1v) is 7.24. The number of aliphatic hydroxyl groups is 1. The summed E-state index contributed by atoms with van der Waals surface area (Å²) >= 11 is 0. The van der Waals surface area contributed by atoms with E-state index in [0.717, 1.165) is 12.8 Å². The molecule has 0 aromatic heterocycles. The number of morpholine rings is 1. The Bertz CT molecular complexity index is 270. The number of hydrogen-bond donors (Lipinski definition) is 1. The van der Waals surface area contributed by atoms with E-state index in [1.165, 1.54) is 19.3 Å². The van der Waals surface area contributed by atoms with Gasteiger partial charge in [0.25, 0.3) is 0 Å². The number of carbonyl (C=O) groups excluding carboxylic acids is 1. The van der Waals surface area contributed by atoms with Crippen molar-refractivity contribution in [3.8, 4) is 0 Å². The summed E-state index contributed by atoms with van der Waals surface area (Å²) in [7, 11) is 0. The van der Waals surface area contributed by atoms with Crippen LogP contribution in [0.2, 0.25) is 0 Å². The molecule has 4 nitrogen and oxygen atoms in total. The van der Waals surface area contributed by atoms with Crippen LogP contribution in [0.3, 0.4) is 0 Å². The first kappa shape index (κ1) is 13.8. The molecule has 1 aliphatic carbocycles. The summed E-state index contributed by atoms with van der Waals surface area (Å²) in [5.41, 5.74) is 0. The molecule has 1 amide bonds. The van der Waals surface area contributed by atoms with Crippen molar-refractivity contribution in [3.63, 3.8) is 0 Å². The summed E-state index contributed by atoms with van der Waals surface area (Å²) in [6, 6.07) is 0. The minimum Gasteiger partial charge on any atom is -0.392 e. The predicted octanol–water partition coefficient (Wildman–Crippen LogP) is 1.42. The van der Waals surface area contributed by atoms with Gasteiger partial charge in [0.2, 0.25) is 5.91 Å². The molecule has 0 bridgehead atoms. The van der Waals surface area contributed by atoms with Gasteiger partial charge in [0.15, 0.2) is 0 Å². The summed E-state index contributed by atoms with van der Waals surface area (Å²) < 4.78 is 5.25. The lowest BCUT2D eigenvalue weighted by Gasteiger charge is -2.34. The third kappa shape index (κ3) is 3.23. The fourth-order valence-electron chi connectivity index (χ4n) is 3.10. The lowest BCUT2D eigenvalue weighted by atomic mass is 9.80. The Morgan fingerprint density at radius 2 is 1.83 bits per heavy atom. The van der Waals surface area contributed by atoms with Crippen molar-refractivity contribution >= 4 is 5.91 Å². The van der Waals surface area contributed by atoms with Crippen molar-refractivity contribution in [2.24, 2.45) is 11.8 Å². The van der Waals surface area contributed by atoms with Crippen molar-refractivity contribution in [2.45, 2.75) is 45.1 Å². The molecule has 2 atom stereocenters. The van der Waals surface area contributed by atoms with Gasteiger partial charge in [-0.15, -0.1) is 0 Å². The fraction of sp³-hybridized carbons (Fsp3) is 0.929. The van der Waals surface area contributed by atoms with Crippen LogP contribution in [0.15, 0.2) is 0 Å². The highest BCUT2D eigenvalue weighted by molar-refractivity contribution is 5.79. The molecule has 4 heteroatoms. The summed E-state index contributed by atoms with van der Waals surface area (Å²) in [6.45, 7) is 4.45. The van der Waals surface area contributed by atoms with Gasteiger partial charge in [0, 0.05) is 13.1 Å². The maximum absolute atomic E-state index is 12.3. The van der Waals surface area contributed by atoms with Crippen LogP contribution in [0.4, 0.5) is 0 Å². The van der Waals surface area contributed by atoms with Crippen LogP contribution in [0.25, 0.3) is 0 Å². The Balaban J connectivity index is 1.87. The molecule has 18 heavy (non-hydrogen) atoms. The highest BCUT2D eigenvalue weighted by Gasteiger charge is 2.33. The highest BCUT2D eigenvalue weighted by atomic mass is 16.5. The molecule has 0 aromatic carbocycles. The van der Waals surface area contributed by atoms with Crippen LogP contribution in [0.1, 0.15) is 39.0 Å². The summed E-state index contributed by atoms with van der Waals surface area (Å²) in [5.74, 6) is 0.140. The SMILES string of the molecule is C[C@@H](C(=O)N1CCOCC1)[C@@H](O)C1CCCCC1. The van der Waals surface area contributed by atoms with Gasteiger partial charge < -0.3 is 14.7 Å². The van der Waals surface area contributed by atoms with E-state index in [4.69, 9.17) is 4.74 Å².